The standard InChI is InChI=1S/C17H18N2OS2/c1-13-9-11-14(12-10-13)18-16(22-17(21)19(2)3)20-15-7-5-4-6-8-15/h4-12H,1-3H3. The molecule has 0 saturated carbocycles. The van der Waals surface area contributed by atoms with Gasteiger partial charge in [0.1, 0.15) is 10.1 Å². The van der Waals surface area contributed by atoms with E-state index in [0.29, 0.717) is 9.55 Å². The highest BCUT2D eigenvalue weighted by Crippen LogP contribution is 2.21. The number of aryl methyl sites for hydroxylation is 1. The molecule has 0 saturated heterocycles. The SMILES string of the molecule is Cc1ccc(N=C(Oc2ccccc2)SC(=S)N(C)C)cc1. The third kappa shape index (κ3) is 5.16. The molecule has 2 aromatic carbocycles. The summed E-state index contributed by atoms with van der Waals surface area (Å²) in [4.78, 5) is 6.42. The van der Waals surface area contributed by atoms with Crippen LogP contribution in [0.3, 0.4) is 0 Å². The first kappa shape index (κ1) is 16.5. The maximum Gasteiger partial charge on any atom is 0.263 e. The van der Waals surface area contributed by atoms with Gasteiger partial charge in [-0.25, -0.2) is 4.99 Å². The first-order valence-corrected chi connectivity index (χ1v) is 8.04. The molecule has 22 heavy (non-hydrogen) atoms. The third-order valence-corrected chi connectivity index (χ3v) is 4.25. The molecule has 0 atom stereocenters. The molecule has 0 aliphatic heterocycles. The van der Waals surface area contributed by atoms with Crippen LogP contribution in [-0.2, 0) is 0 Å². The molecule has 3 nitrogen and oxygen atoms in total. The Morgan fingerprint density at radius 3 is 2.27 bits per heavy atom. The Morgan fingerprint density at radius 2 is 1.68 bits per heavy atom. The van der Waals surface area contributed by atoms with E-state index in [-0.39, 0.29) is 0 Å². The van der Waals surface area contributed by atoms with E-state index in [0.717, 1.165) is 11.4 Å². The lowest BCUT2D eigenvalue weighted by molar-refractivity contribution is 0.567. The summed E-state index contributed by atoms with van der Waals surface area (Å²) in [5.41, 5.74) is 2.03. The van der Waals surface area contributed by atoms with Crippen LogP contribution in [0.2, 0.25) is 0 Å². The summed E-state index contributed by atoms with van der Waals surface area (Å²) >= 11 is 6.67. The molecular weight excluding hydrogens is 312 g/mol. The lowest BCUT2D eigenvalue weighted by Crippen LogP contribution is -2.19. The van der Waals surface area contributed by atoms with Gasteiger partial charge in [0, 0.05) is 14.1 Å². The van der Waals surface area contributed by atoms with Crippen molar-refractivity contribution in [3.05, 3.63) is 60.2 Å². The van der Waals surface area contributed by atoms with E-state index >= 15 is 0 Å². The fourth-order valence-corrected chi connectivity index (χ4v) is 2.38. The van der Waals surface area contributed by atoms with Crippen LogP contribution in [0.1, 0.15) is 5.56 Å². The van der Waals surface area contributed by atoms with E-state index in [4.69, 9.17) is 17.0 Å². The van der Waals surface area contributed by atoms with Gasteiger partial charge < -0.3 is 9.64 Å². The van der Waals surface area contributed by atoms with Crippen molar-refractivity contribution in [1.29, 1.82) is 0 Å². The third-order valence-electron chi connectivity index (χ3n) is 2.74. The van der Waals surface area contributed by atoms with E-state index in [9.17, 15) is 0 Å². The Balaban J connectivity index is 2.24. The van der Waals surface area contributed by atoms with Crippen LogP contribution in [-0.4, -0.2) is 28.5 Å². The largest absolute Gasteiger partial charge is 0.433 e. The van der Waals surface area contributed by atoms with E-state index in [1.165, 1.54) is 17.3 Å². The highest BCUT2D eigenvalue weighted by atomic mass is 32.2. The molecule has 0 amide bonds. The molecule has 0 aliphatic rings. The smallest absolute Gasteiger partial charge is 0.263 e. The first-order chi connectivity index (χ1) is 10.5. The van der Waals surface area contributed by atoms with Crippen LogP contribution in [0, 0.1) is 6.92 Å². The molecule has 0 heterocycles. The molecule has 0 aromatic heterocycles. The molecule has 2 rings (SSSR count). The Hall–Kier alpha value is -1.85. The molecule has 0 spiro atoms. The lowest BCUT2D eigenvalue weighted by Gasteiger charge is -2.14. The highest BCUT2D eigenvalue weighted by Gasteiger charge is 2.10. The van der Waals surface area contributed by atoms with Gasteiger partial charge in [0.05, 0.1) is 5.69 Å². The number of nitrogens with zero attached hydrogens (tertiary/aromatic N) is 2. The Morgan fingerprint density at radius 1 is 1.05 bits per heavy atom. The van der Waals surface area contributed by atoms with Crippen LogP contribution in [0.5, 0.6) is 5.75 Å². The highest BCUT2D eigenvalue weighted by molar-refractivity contribution is 8.32. The lowest BCUT2D eigenvalue weighted by atomic mass is 10.2. The summed E-state index contributed by atoms with van der Waals surface area (Å²) in [6.45, 7) is 2.05. The van der Waals surface area contributed by atoms with Gasteiger partial charge in [0.2, 0.25) is 0 Å². The number of ether oxygens (including phenoxy) is 1. The maximum atomic E-state index is 5.87. The molecule has 114 valence electrons. The zero-order valence-electron chi connectivity index (χ0n) is 12.8. The Bertz CT molecular complexity index is 652. The summed E-state index contributed by atoms with van der Waals surface area (Å²) in [5.74, 6) is 0.738. The molecule has 0 N–H and O–H groups in total. The summed E-state index contributed by atoms with van der Waals surface area (Å²) in [5, 5.41) is 0.508. The predicted octanol–water partition coefficient (Wildman–Crippen LogP) is 4.64. The maximum absolute atomic E-state index is 5.87. The number of hydrogen-bond acceptors (Lipinski definition) is 4. The normalized spacial score (nSPS) is 11.1. The number of rotatable bonds is 2. The minimum atomic E-state index is 0.508. The van der Waals surface area contributed by atoms with Gasteiger partial charge in [-0.3, -0.25) is 0 Å². The van der Waals surface area contributed by atoms with E-state index < -0.39 is 0 Å². The molecule has 0 bridgehead atoms. The Labute approximate surface area is 141 Å². The minimum absolute atomic E-state index is 0.508. The van der Waals surface area contributed by atoms with Crippen molar-refractivity contribution in [1.82, 2.24) is 4.90 Å². The first-order valence-electron chi connectivity index (χ1n) is 6.82. The van der Waals surface area contributed by atoms with Crippen LogP contribution in [0.4, 0.5) is 5.69 Å². The van der Waals surface area contributed by atoms with Crippen LogP contribution < -0.4 is 4.74 Å². The predicted molar refractivity (Wildman–Crippen MR) is 99.2 cm³/mol. The fraction of sp³-hybridized carbons (Fsp3) is 0.176. The number of para-hydroxylation sites is 1. The number of thiocarbonyl (C=S) groups is 1. The quantitative estimate of drug-likeness (QED) is 0.455. The van der Waals surface area contributed by atoms with Gasteiger partial charge in [-0.1, -0.05) is 48.1 Å². The van der Waals surface area contributed by atoms with E-state index in [2.05, 4.69) is 4.99 Å². The second-order valence-corrected chi connectivity index (χ2v) is 6.48. The van der Waals surface area contributed by atoms with Crippen molar-refractivity contribution < 1.29 is 4.74 Å². The molecular formula is C17H18N2OS2. The number of hydrogen-bond donors (Lipinski definition) is 0. The van der Waals surface area contributed by atoms with Gasteiger partial charge >= 0.3 is 0 Å². The summed E-state index contributed by atoms with van der Waals surface area (Å²) in [7, 11) is 3.81. The average Bonchev–Trinajstić information content (AvgIpc) is 2.50. The minimum Gasteiger partial charge on any atom is -0.433 e. The molecule has 0 radical (unpaired) electrons. The topological polar surface area (TPSA) is 24.8 Å². The van der Waals surface area contributed by atoms with Crippen LogP contribution in [0.25, 0.3) is 0 Å². The molecule has 0 aliphatic carbocycles. The van der Waals surface area contributed by atoms with Crippen molar-refractivity contribution in [3.63, 3.8) is 0 Å². The Kier molecular flexibility index (Phi) is 5.98. The van der Waals surface area contributed by atoms with Crippen LogP contribution in [0.15, 0.2) is 59.6 Å². The second-order valence-electron chi connectivity index (χ2n) is 4.89. The van der Waals surface area contributed by atoms with E-state index in [1.54, 1.807) is 0 Å². The zero-order valence-corrected chi connectivity index (χ0v) is 14.4. The zero-order chi connectivity index (χ0) is 15.9. The molecule has 2 aromatic rings. The van der Waals surface area contributed by atoms with Crippen LogP contribution >= 0.6 is 24.0 Å². The molecule has 5 heteroatoms. The fourth-order valence-electron chi connectivity index (χ4n) is 1.55. The van der Waals surface area contributed by atoms with Crippen molar-refractivity contribution in [3.8, 4) is 5.75 Å². The number of thioether (sulfide) groups is 1. The van der Waals surface area contributed by atoms with Gasteiger partial charge in [0.25, 0.3) is 5.23 Å². The summed E-state index contributed by atoms with van der Waals surface area (Å²) in [6.07, 6.45) is 0. The molecule has 0 fully saturated rings. The van der Waals surface area contributed by atoms with Crippen molar-refractivity contribution in [2.24, 2.45) is 4.99 Å². The van der Waals surface area contributed by atoms with Gasteiger partial charge in [-0.2, -0.15) is 0 Å². The summed E-state index contributed by atoms with van der Waals surface area (Å²) in [6, 6.07) is 17.5. The van der Waals surface area contributed by atoms with Crippen molar-refractivity contribution in [2.75, 3.05) is 14.1 Å². The second kappa shape index (κ2) is 7.96. The monoisotopic (exact) mass is 330 g/mol. The van der Waals surface area contributed by atoms with Gasteiger partial charge in [0.15, 0.2) is 0 Å². The van der Waals surface area contributed by atoms with Crippen molar-refractivity contribution >= 4 is 39.2 Å². The molecule has 0 unspecified atom stereocenters. The van der Waals surface area contributed by atoms with E-state index in [1.807, 2.05) is 80.5 Å². The number of benzene rings is 2. The van der Waals surface area contributed by atoms with Gasteiger partial charge in [-0.15, -0.1) is 0 Å². The van der Waals surface area contributed by atoms with Crippen molar-refractivity contribution in [2.45, 2.75) is 6.92 Å². The number of aliphatic imine (C=N–C) groups is 1. The summed E-state index contributed by atoms with van der Waals surface area (Å²) < 4.78 is 6.56. The van der Waals surface area contributed by atoms with Gasteiger partial charge in [-0.05, 0) is 43.0 Å². The average molecular weight is 330 g/mol.